The van der Waals surface area contributed by atoms with Gasteiger partial charge in [-0.15, -0.1) is 0 Å². The van der Waals surface area contributed by atoms with Crippen molar-refractivity contribution in [3.05, 3.63) is 99.5 Å². The summed E-state index contributed by atoms with van der Waals surface area (Å²) in [4.78, 5) is 26.9. The highest BCUT2D eigenvalue weighted by molar-refractivity contribution is 9.10. The predicted molar refractivity (Wildman–Crippen MR) is 118 cm³/mol. The predicted octanol–water partition coefficient (Wildman–Crippen LogP) is 5.80. The Balaban J connectivity index is 1.94. The number of Topliss-reactive ketones (excluding diaryl/α,β-unsaturated/α-hetero) is 1. The van der Waals surface area contributed by atoms with Crippen molar-refractivity contribution in [2.75, 3.05) is 4.90 Å². The van der Waals surface area contributed by atoms with E-state index in [4.69, 9.17) is 0 Å². The zero-order valence-corrected chi connectivity index (χ0v) is 18.3. The quantitative estimate of drug-likeness (QED) is 0.261. The van der Waals surface area contributed by atoms with Gasteiger partial charge in [0.2, 0.25) is 0 Å². The summed E-state index contributed by atoms with van der Waals surface area (Å²) < 4.78 is 40.6. The van der Waals surface area contributed by atoms with Crippen molar-refractivity contribution in [1.29, 1.82) is 0 Å². The van der Waals surface area contributed by atoms with Crippen molar-refractivity contribution in [2.24, 2.45) is 0 Å². The molecular formula is C24H15BrF3NO4. The molecule has 168 valence electrons. The fourth-order valence-electron chi connectivity index (χ4n) is 3.67. The monoisotopic (exact) mass is 517 g/mol. The molecule has 1 aliphatic heterocycles. The molecule has 9 heteroatoms. The molecule has 1 saturated heterocycles. The fraction of sp³-hybridized carbons (Fsp3) is 0.0833. The Morgan fingerprint density at radius 3 is 2.18 bits per heavy atom. The van der Waals surface area contributed by atoms with E-state index in [1.807, 2.05) is 0 Å². The molecule has 0 radical (unpaired) electrons. The Morgan fingerprint density at radius 1 is 0.939 bits per heavy atom. The van der Waals surface area contributed by atoms with E-state index in [-0.39, 0.29) is 22.6 Å². The van der Waals surface area contributed by atoms with E-state index in [9.17, 15) is 33.0 Å². The van der Waals surface area contributed by atoms with Crippen molar-refractivity contribution in [1.82, 2.24) is 0 Å². The highest BCUT2D eigenvalue weighted by Crippen LogP contribution is 2.43. The lowest BCUT2D eigenvalue weighted by atomic mass is 9.95. The number of phenolic OH excluding ortho intramolecular Hbond substituents is 1. The van der Waals surface area contributed by atoms with E-state index in [0.29, 0.717) is 5.56 Å². The number of alkyl halides is 3. The van der Waals surface area contributed by atoms with E-state index in [1.165, 1.54) is 42.5 Å². The van der Waals surface area contributed by atoms with Gasteiger partial charge in [-0.05, 0) is 48.0 Å². The number of benzene rings is 3. The zero-order chi connectivity index (χ0) is 23.9. The number of rotatable bonds is 3. The molecule has 0 aliphatic carbocycles. The van der Waals surface area contributed by atoms with Crippen LogP contribution in [0.2, 0.25) is 0 Å². The number of carbonyl (C=O) groups excluding carboxylic acids is 2. The minimum absolute atomic E-state index is 0.0809. The SMILES string of the molecule is O=C1C(=O)N(c2cccc(C(F)(F)F)c2)C(c2ccc(O)cc2)/C1=C(\O)c1ccc(Br)cc1. The third kappa shape index (κ3) is 4.23. The topological polar surface area (TPSA) is 77.8 Å². The Bertz CT molecular complexity index is 1270. The highest BCUT2D eigenvalue weighted by atomic mass is 79.9. The molecule has 1 fully saturated rings. The molecule has 1 unspecified atom stereocenters. The van der Waals surface area contributed by atoms with Crippen LogP contribution in [0.4, 0.5) is 18.9 Å². The van der Waals surface area contributed by atoms with Crippen molar-refractivity contribution >= 4 is 39.1 Å². The maximum atomic E-state index is 13.3. The summed E-state index contributed by atoms with van der Waals surface area (Å²) >= 11 is 3.28. The molecule has 5 nitrogen and oxygen atoms in total. The van der Waals surface area contributed by atoms with Gasteiger partial charge in [-0.25, -0.2) is 0 Å². The summed E-state index contributed by atoms with van der Waals surface area (Å²) in [6, 6.07) is 14.7. The molecule has 3 aromatic rings. The van der Waals surface area contributed by atoms with Crippen LogP contribution in [-0.4, -0.2) is 21.9 Å². The van der Waals surface area contributed by atoms with Gasteiger partial charge in [0, 0.05) is 15.7 Å². The van der Waals surface area contributed by atoms with Gasteiger partial charge in [-0.1, -0.05) is 46.3 Å². The van der Waals surface area contributed by atoms with Gasteiger partial charge >= 0.3 is 6.18 Å². The second-order valence-electron chi connectivity index (χ2n) is 7.32. The lowest BCUT2D eigenvalue weighted by molar-refractivity contribution is -0.137. The van der Waals surface area contributed by atoms with Crippen LogP contribution in [-0.2, 0) is 15.8 Å². The third-order valence-electron chi connectivity index (χ3n) is 5.22. The Hall–Kier alpha value is -3.59. The zero-order valence-electron chi connectivity index (χ0n) is 16.7. The van der Waals surface area contributed by atoms with Crippen molar-refractivity contribution in [3.8, 4) is 5.75 Å². The van der Waals surface area contributed by atoms with Gasteiger partial charge in [-0.3, -0.25) is 14.5 Å². The minimum atomic E-state index is -4.66. The highest BCUT2D eigenvalue weighted by Gasteiger charge is 2.47. The maximum absolute atomic E-state index is 13.3. The molecule has 3 aromatic carbocycles. The standard InChI is InChI=1S/C24H15BrF3NO4/c25-16-8-4-14(5-9-16)21(31)19-20(13-6-10-18(30)11-7-13)29(23(33)22(19)32)17-3-1-2-15(12-17)24(26,27)28/h1-12,20,30-31H/b21-19+. The second kappa shape index (κ2) is 8.40. The lowest BCUT2D eigenvalue weighted by Gasteiger charge is -2.26. The Kier molecular flexibility index (Phi) is 5.75. The van der Waals surface area contributed by atoms with Crippen LogP contribution in [0.3, 0.4) is 0 Å². The number of aliphatic hydroxyl groups excluding tert-OH is 1. The largest absolute Gasteiger partial charge is 0.508 e. The molecule has 0 spiro atoms. The summed E-state index contributed by atoms with van der Waals surface area (Å²) in [5, 5.41) is 20.6. The smallest absolute Gasteiger partial charge is 0.416 e. The fourth-order valence-corrected chi connectivity index (χ4v) is 3.93. The van der Waals surface area contributed by atoms with Crippen LogP contribution in [0.25, 0.3) is 5.76 Å². The van der Waals surface area contributed by atoms with E-state index in [0.717, 1.165) is 27.6 Å². The van der Waals surface area contributed by atoms with Gasteiger partial charge in [-0.2, -0.15) is 13.2 Å². The molecule has 1 aliphatic rings. The van der Waals surface area contributed by atoms with Gasteiger partial charge in [0.1, 0.15) is 11.5 Å². The molecule has 1 heterocycles. The van der Waals surface area contributed by atoms with Crippen LogP contribution in [0.5, 0.6) is 5.75 Å². The molecule has 1 atom stereocenters. The molecule has 0 aromatic heterocycles. The number of carbonyl (C=O) groups is 2. The number of hydrogen-bond donors (Lipinski definition) is 2. The van der Waals surface area contributed by atoms with Crippen molar-refractivity contribution < 1.29 is 33.0 Å². The average Bonchev–Trinajstić information content (AvgIpc) is 3.04. The molecule has 33 heavy (non-hydrogen) atoms. The summed E-state index contributed by atoms with van der Waals surface area (Å²) in [5.74, 6) is -2.66. The van der Waals surface area contributed by atoms with Gasteiger partial charge in [0.05, 0.1) is 17.2 Å². The first kappa shape index (κ1) is 22.6. The molecule has 2 N–H and O–H groups in total. The molecular weight excluding hydrogens is 503 g/mol. The van der Waals surface area contributed by atoms with Gasteiger partial charge in [0.15, 0.2) is 0 Å². The summed E-state index contributed by atoms with van der Waals surface area (Å²) in [5.41, 5.74) is -0.836. The van der Waals surface area contributed by atoms with Crippen LogP contribution in [0.1, 0.15) is 22.7 Å². The van der Waals surface area contributed by atoms with Crippen LogP contribution >= 0.6 is 15.9 Å². The Morgan fingerprint density at radius 2 is 1.58 bits per heavy atom. The number of aliphatic hydroxyl groups is 1. The van der Waals surface area contributed by atoms with Crippen LogP contribution in [0, 0.1) is 0 Å². The second-order valence-corrected chi connectivity index (χ2v) is 8.23. The Labute approximate surface area is 194 Å². The van der Waals surface area contributed by atoms with E-state index < -0.39 is 35.2 Å². The van der Waals surface area contributed by atoms with Crippen molar-refractivity contribution in [3.63, 3.8) is 0 Å². The maximum Gasteiger partial charge on any atom is 0.416 e. The normalized spacial score (nSPS) is 18.1. The minimum Gasteiger partial charge on any atom is -0.508 e. The number of ketones is 1. The summed E-state index contributed by atoms with van der Waals surface area (Å²) in [7, 11) is 0. The number of phenols is 1. The first-order valence-electron chi connectivity index (χ1n) is 9.61. The number of amides is 1. The number of anilines is 1. The molecule has 1 amide bonds. The number of halogens is 4. The summed E-state index contributed by atoms with van der Waals surface area (Å²) in [6.45, 7) is 0. The number of hydrogen-bond acceptors (Lipinski definition) is 4. The summed E-state index contributed by atoms with van der Waals surface area (Å²) in [6.07, 6.45) is -4.66. The third-order valence-corrected chi connectivity index (χ3v) is 5.75. The van der Waals surface area contributed by atoms with Gasteiger partial charge < -0.3 is 10.2 Å². The van der Waals surface area contributed by atoms with E-state index in [1.54, 1.807) is 12.1 Å². The van der Waals surface area contributed by atoms with Crippen LogP contribution < -0.4 is 4.90 Å². The first-order valence-corrected chi connectivity index (χ1v) is 10.4. The van der Waals surface area contributed by atoms with Gasteiger partial charge in [0.25, 0.3) is 11.7 Å². The number of nitrogens with zero attached hydrogens (tertiary/aromatic N) is 1. The van der Waals surface area contributed by atoms with E-state index in [2.05, 4.69) is 15.9 Å². The molecule has 0 bridgehead atoms. The molecule has 0 saturated carbocycles. The average molecular weight is 518 g/mol. The number of aromatic hydroxyl groups is 1. The van der Waals surface area contributed by atoms with E-state index >= 15 is 0 Å². The van der Waals surface area contributed by atoms with Crippen molar-refractivity contribution in [2.45, 2.75) is 12.2 Å². The molecule has 4 rings (SSSR count). The lowest BCUT2D eigenvalue weighted by Crippen LogP contribution is -2.29. The first-order chi connectivity index (χ1) is 15.6. The van der Waals surface area contributed by atoms with Crippen LogP contribution in [0.15, 0.2) is 82.8 Å².